The molecule has 0 aliphatic carbocycles. The standard InChI is InChI=1S/C21H26N4O/c1-3-25-20(23-18-9-7-12-22-21(18)25)17-11-13-24(15-17)14-16-8-5-6-10-19(16)26-4-2/h5-10,12,17H,3-4,11,13-15H2,1-2H3/t17-/m0/s1. The number of aromatic nitrogens is 3. The highest BCUT2D eigenvalue weighted by Crippen LogP contribution is 2.31. The summed E-state index contributed by atoms with van der Waals surface area (Å²) < 4.78 is 8.06. The van der Waals surface area contributed by atoms with E-state index in [-0.39, 0.29) is 0 Å². The summed E-state index contributed by atoms with van der Waals surface area (Å²) in [5.74, 6) is 2.65. The molecule has 0 bridgehead atoms. The molecule has 1 aliphatic heterocycles. The fourth-order valence-corrected chi connectivity index (χ4v) is 3.96. The van der Waals surface area contributed by atoms with E-state index in [9.17, 15) is 0 Å². The van der Waals surface area contributed by atoms with Crippen molar-refractivity contribution in [3.05, 3.63) is 54.0 Å². The van der Waals surface area contributed by atoms with Gasteiger partial charge in [-0.25, -0.2) is 9.97 Å². The van der Waals surface area contributed by atoms with Gasteiger partial charge in [0.05, 0.1) is 6.61 Å². The molecule has 0 N–H and O–H groups in total. The van der Waals surface area contributed by atoms with Gasteiger partial charge in [0.2, 0.25) is 0 Å². The molecule has 136 valence electrons. The Labute approximate surface area is 154 Å². The molecule has 2 aromatic heterocycles. The third kappa shape index (κ3) is 3.19. The quantitative estimate of drug-likeness (QED) is 0.677. The van der Waals surface area contributed by atoms with E-state index in [0.29, 0.717) is 12.5 Å². The lowest BCUT2D eigenvalue weighted by Gasteiger charge is -2.18. The Kier molecular flexibility index (Phi) is 4.89. The summed E-state index contributed by atoms with van der Waals surface area (Å²) in [6.45, 7) is 8.86. The van der Waals surface area contributed by atoms with Crippen LogP contribution >= 0.6 is 0 Å². The molecule has 1 atom stereocenters. The van der Waals surface area contributed by atoms with Crippen LogP contribution in [0.3, 0.4) is 0 Å². The Morgan fingerprint density at radius 1 is 1.15 bits per heavy atom. The number of hydrogen-bond donors (Lipinski definition) is 0. The zero-order valence-electron chi connectivity index (χ0n) is 15.6. The van der Waals surface area contributed by atoms with Crippen molar-refractivity contribution in [3.8, 4) is 5.75 Å². The first kappa shape index (κ1) is 17.0. The van der Waals surface area contributed by atoms with Crippen LogP contribution in [0.2, 0.25) is 0 Å². The second-order valence-electron chi connectivity index (χ2n) is 6.82. The van der Waals surface area contributed by atoms with E-state index < -0.39 is 0 Å². The van der Waals surface area contributed by atoms with Gasteiger partial charge < -0.3 is 9.30 Å². The van der Waals surface area contributed by atoms with Gasteiger partial charge in [0.25, 0.3) is 0 Å². The maximum absolute atomic E-state index is 5.78. The van der Waals surface area contributed by atoms with E-state index in [0.717, 1.165) is 49.5 Å². The molecular formula is C21H26N4O. The van der Waals surface area contributed by atoms with Crippen molar-refractivity contribution in [2.24, 2.45) is 0 Å². The highest BCUT2D eigenvalue weighted by Gasteiger charge is 2.28. The topological polar surface area (TPSA) is 43.2 Å². The molecule has 4 rings (SSSR count). The summed E-state index contributed by atoms with van der Waals surface area (Å²) in [6, 6.07) is 12.4. The van der Waals surface area contributed by atoms with Crippen LogP contribution in [0.4, 0.5) is 0 Å². The smallest absolute Gasteiger partial charge is 0.159 e. The van der Waals surface area contributed by atoms with Gasteiger partial charge in [-0.2, -0.15) is 0 Å². The number of likely N-dealkylation sites (tertiary alicyclic amines) is 1. The summed E-state index contributed by atoms with van der Waals surface area (Å²) in [5.41, 5.74) is 3.27. The van der Waals surface area contributed by atoms with E-state index in [4.69, 9.17) is 9.72 Å². The summed E-state index contributed by atoms with van der Waals surface area (Å²) >= 11 is 0. The van der Waals surface area contributed by atoms with Crippen LogP contribution in [-0.4, -0.2) is 39.1 Å². The van der Waals surface area contributed by atoms with Crippen LogP contribution in [0.1, 0.15) is 37.6 Å². The zero-order chi connectivity index (χ0) is 17.9. The molecule has 0 saturated carbocycles. The van der Waals surface area contributed by atoms with E-state index in [1.54, 1.807) is 0 Å². The number of aryl methyl sites for hydroxylation is 1. The second kappa shape index (κ2) is 7.46. The minimum Gasteiger partial charge on any atom is -0.494 e. The second-order valence-corrected chi connectivity index (χ2v) is 6.82. The first-order valence-corrected chi connectivity index (χ1v) is 9.54. The van der Waals surface area contributed by atoms with Crippen LogP contribution in [0, 0.1) is 0 Å². The Hall–Kier alpha value is -2.40. The molecule has 0 unspecified atom stereocenters. The summed E-state index contributed by atoms with van der Waals surface area (Å²) in [6.07, 6.45) is 2.99. The highest BCUT2D eigenvalue weighted by atomic mass is 16.5. The lowest BCUT2D eigenvalue weighted by atomic mass is 10.1. The third-order valence-electron chi connectivity index (χ3n) is 5.15. The van der Waals surface area contributed by atoms with Gasteiger partial charge in [-0.15, -0.1) is 0 Å². The van der Waals surface area contributed by atoms with Crippen molar-refractivity contribution < 1.29 is 4.74 Å². The average Bonchev–Trinajstić information content (AvgIpc) is 3.27. The van der Waals surface area contributed by atoms with E-state index in [1.165, 1.54) is 11.4 Å². The van der Waals surface area contributed by atoms with Crippen LogP contribution < -0.4 is 4.74 Å². The Bertz CT molecular complexity index is 889. The van der Waals surface area contributed by atoms with E-state index in [2.05, 4.69) is 45.6 Å². The average molecular weight is 350 g/mol. The fraction of sp³-hybridized carbons (Fsp3) is 0.429. The summed E-state index contributed by atoms with van der Waals surface area (Å²) in [4.78, 5) is 11.9. The van der Waals surface area contributed by atoms with Gasteiger partial charge in [0.1, 0.15) is 17.1 Å². The van der Waals surface area contributed by atoms with Gasteiger partial charge >= 0.3 is 0 Å². The first-order valence-electron chi connectivity index (χ1n) is 9.54. The van der Waals surface area contributed by atoms with Crippen LogP contribution in [0.15, 0.2) is 42.6 Å². The maximum atomic E-state index is 5.78. The number of fused-ring (bicyclic) bond motifs is 1. The molecule has 1 saturated heterocycles. The number of benzene rings is 1. The number of hydrogen-bond acceptors (Lipinski definition) is 4. The molecule has 5 heteroatoms. The largest absolute Gasteiger partial charge is 0.494 e. The van der Waals surface area contributed by atoms with Gasteiger partial charge in [0.15, 0.2) is 5.65 Å². The summed E-state index contributed by atoms with van der Waals surface area (Å²) in [5, 5.41) is 0. The van der Waals surface area contributed by atoms with Crippen molar-refractivity contribution in [1.29, 1.82) is 0 Å². The van der Waals surface area contributed by atoms with Crippen molar-refractivity contribution in [2.75, 3.05) is 19.7 Å². The normalized spacial score (nSPS) is 17.8. The van der Waals surface area contributed by atoms with Gasteiger partial charge in [-0.05, 0) is 45.0 Å². The molecule has 3 aromatic rings. The highest BCUT2D eigenvalue weighted by molar-refractivity contribution is 5.71. The molecule has 1 aliphatic rings. The van der Waals surface area contributed by atoms with Crippen LogP contribution in [0.25, 0.3) is 11.2 Å². The van der Waals surface area contributed by atoms with Crippen molar-refractivity contribution >= 4 is 11.2 Å². The van der Waals surface area contributed by atoms with E-state index >= 15 is 0 Å². The fourth-order valence-electron chi connectivity index (χ4n) is 3.96. The van der Waals surface area contributed by atoms with E-state index in [1.807, 2.05) is 25.3 Å². The minimum absolute atomic E-state index is 0.461. The Balaban J connectivity index is 1.53. The minimum atomic E-state index is 0.461. The SMILES string of the molecule is CCOc1ccccc1CN1CC[C@H](c2nc3cccnc3n2CC)C1. The number of pyridine rings is 1. The molecule has 0 radical (unpaired) electrons. The molecule has 0 spiro atoms. The van der Waals surface area contributed by atoms with Crippen molar-refractivity contribution in [3.63, 3.8) is 0 Å². The number of nitrogens with zero attached hydrogens (tertiary/aromatic N) is 4. The monoisotopic (exact) mass is 350 g/mol. The molecule has 3 heterocycles. The molecule has 1 fully saturated rings. The van der Waals surface area contributed by atoms with Gasteiger partial charge in [-0.1, -0.05) is 18.2 Å². The predicted molar refractivity (Wildman–Crippen MR) is 103 cm³/mol. The lowest BCUT2D eigenvalue weighted by molar-refractivity contribution is 0.301. The third-order valence-corrected chi connectivity index (χ3v) is 5.15. The number of ether oxygens (including phenoxy) is 1. The zero-order valence-corrected chi connectivity index (χ0v) is 15.6. The Morgan fingerprint density at radius 3 is 2.88 bits per heavy atom. The van der Waals surface area contributed by atoms with Gasteiger partial charge in [0, 0.05) is 37.3 Å². The number of rotatable bonds is 6. The number of imidazole rings is 1. The molecule has 0 amide bonds. The van der Waals surface area contributed by atoms with Crippen LogP contribution in [0.5, 0.6) is 5.75 Å². The Morgan fingerprint density at radius 2 is 2.04 bits per heavy atom. The molecular weight excluding hydrogens is 324 g/mol. The van der Waals surface area contributed by atoms with Crippen LogP contribution in [-0.2, 0) is 13.1 Å². The van der Waals surface area contributed by atoms with Gasteiger partial charge in [-0.3, -0.25) is 4.90 Å². The predicted octanol–water partition coefficient (Wildman–Crippen LogP) is 3.84. The molecule has 1 aromatic carbocycles. The summed E-state index contributed by atoms with van der Waals surface area (Å²) in [7, 11) is 0. The molecule has 26 heavy (non-hydrogen) atoms. The van der Waals surface area contributed by atoms with Crippen molar-refractivity contribution in [1.82, 2.24) is 19.4 Å². The molecule has 5 nitrogen and oxygen atoms in total. The lowest BCUT2D eigenvalue weighted by Crippen LogP contribution is -2.21. The maximum Gasteiger partial charge on any atom is 0.159 e. The number of para-hydroxylation sites is 1. The first-order chi connectivity index (χ1) is 12.8. The van der Waals surface area contributed by atoms with Crippen molar-refractivity contribution in [2.45, 2.75) is 39.3 Å².